The first kappa shape index (κ1) is 21.5. The first-order valence-electron chi connectivity index (χ1n) is 10.2. The molecule has 8 heteroatoms. The van der Waals surface area contributed by atoms with Gasteiger partial charge < -0.3 is 14.3 Å². The van der Waals surface area contributed by atoms with E-state index in [1.807, 2.05) is 12.1 Å². The second kappa shape index (κ2) is 8.57. The number of carbonyl (C=O) groups is 2. The first-order valence-corrected chi connectivity index (χ1v) is 11.0. The van der Waals surface area contributed by atoms with Crippen LogP contribution in [-0.2, 0) is 4.79 Å². The van der Waals surface area contributed by atoms with E-state index >= 15 is 0 Å². The number of carbonyl (C=O) groups excluding carboxylic acids is 2. The quantitative estimate of drug-likeness (QED) is 0.235. The predicted octanol–water partition coefficient (Wildman–Crippen LogP) is 6.14. The second-order valence-electron chi connectivity index (χ2n) is 7.56. The van der Waals surface area contributed by atoms with Gasteiger partial charge in [0.2, 0.25) is 11.7 Å². The summed E-state index contributed by atoms with van der Waals surface area (Å²) in [5.41, 5.74) is 3.06. The summed E-state index contributed by atoms with van der Waals surface area (Å²) in [6.45, 7) is 2.03. The monoisotopic (exact) mass is 473 g/mol. The summed E-state index contributed by atoms with van der Waals surface area (Å²) in [6.07, 6.45) is 1.23. The van der Waals surface area contributed by atoms with E-state index in [0.717, 1.165) is 15.6 Å². The molecule has 2 aromatic heterocycles. The van der Waals surface area contributed by atoms with Gasteiger partial charge in [-0.05, 0) is 60.5 Å². The number of benzene rings is 3. The highest BCUT2D eigenvalue weighted by atomic mass is 32.1. The number of halogens is 1. The van der Waals surface area contributed by atoms with Gasteiger partial charge in [-0.1, -0.05) is 18.2 Å². The molecule has 5 rings (SSSR count). The number of oxazole rings is 1. The minimum atomic E-state index is -0.484. The van der Waals surface area contributed by atoms with E-state index in [1.165, 1.54) is 29.7 Å². The Bertz CT molecular complexity index is 1550. The third-order valence-corrected chi connectivity index (χ3v) is 6.55. The molecule has 0 radical (unpaired) electrons. The highest BCUT2D eigenvalue weighted by molar-refractivity contribution is 7.21. The Balaban J connectivity index is 1.63. The van der Waals surface area contributed by atoms with Gasteiger partial charge in [-0.2, -0.15) is 4.98 Å². The van der Waals surface area contributed by atoms with Crippen LogP contribution >= 0.6 is 11.3 Å². The van der Waals surface area contributed by atoms with Gasteiger partial charge in [-0.25, -0.2) is 4.39 Å². The number of ketones is 1. The molecule has 0 unspecified atom stereocenters. The Kier molecular flexibility index (Phi) is 5.43. The largest absolute Gasteiger partial charge is 0.508 e. The molecule has 0 bridgehead atoms. The van der Waals surface area contributed by atoms with Crippen LogP contribution < -0.4 is 4.74 Å². The van der Waals surface area contributed by atoms with Crippen LogP contribution in [0.4, 0.5) is 4.39 Å². The molecule has 6 nitrogen and oxygen atoms in total. The van der Waals surface area contributed by atoms with Gasteiger partial charge >= 0.3 is 0 Å². The number of phenols is 1. The van der Waals surface area contributed by atoms with Crippen LogP contribution in [0, 0.1) is 12.7 Å². The lowest BCUT2D eigenvalue weighted by Gasteiger charge is -2.08. The number of hydrogen-bond donors (Lipinski definition) is 1. The zero-order valence-electron chi connectivity index (χ0n) is 17.7. The highest BCUT2D eigenvalue weighted by Crippen LogP contribution is 2.42. The lowest BCUT2D eigenvalue weighted by Crippen LogP contribution is -2.04. The van der Waals surface area contributed by atoms with E-state index < -0.39 is 5.82 Å². The van der Waals surface area contributed by atoms with Crippen LogP contribution in [0.25, 0.3) is 32.7 Å². The van der Waals surface area contributed by atoms with Crippen LogP contribution in [0.2, 0.25) is 0 Å². The van der Waals surface area contributed by atoms with Gasteiger partial charge in [0, 0.05) is 26.8 Å². The van der Waals surface area contributed by atoms with Gasteiger partial charge in [-0.15, -0.1) is 11.3 Å². The number of ether oxygens (including phenoxy) is 1. The molecule has 0 saturated heterocycles. The van der Waals surface area contributed by atoms with Gasteiger partial charge in [-0.3, -0.25) is 9.59 Å². The molecule has 0 atom stereocenters. The van der Waals surface area contributed by atoms with Crippen molar-refractivity contribution in [2.75, 3.05) is 0 Å². The molecule has 1 N–H and O–H groups in total. The molecule has 0 saturated carbocycles. The molecule has 34 heavy (non-hydrogen) atoms. The van der Waals surface area contributed by atoms with Crippen LogP contribution in [0.3, 0.4) is 0 Å². The number of aromatic hydroxyl groups is 1. The maximum Gasteiger partial charge on any atom is 0.299 e. The van der Waals surface area contributed by atoms with Gasteiger partial charge in [0.05, 0.1) is 4.88 Å². The fraction of sp³-hybridized carbons (Fsp3) is 0.0385. The third kappa shape index (κ3) is 3.84. The summed E-state index contributed by atoms with van der Waals surface area (Å²) in [6, 6.07) is 16.3. The Hall–Kier alpha value is -4.30. The van der Waals surface area contributed by atoms with Crippen molar-refractivity contribution in [2.45, 2.75) is 6.92 Å². The molecule has 168 valence electrons. The summed E-state index contributed by atoms with van der Waals surface area (Å²) in [5.74, 6) is -0.359. The SMILES string of the molecule is Cc1ccc(F)cc1C(=O)c1sc2cc(O)ccc2c1-c1ccc(-c2nc(OC=O)co2)cc1. The Morgan fingerprint density at radius 1 is 1.09 bits per heavy atom. The van der Waals surface area contributed by atoms with Crippen LogP contribution in [-0.4, -0.2) is 22.3 Å². The Morgan fingerprint density at radius 2 is 1.85 bits per heavy atom. The maximum atomic E-state index is 13.9. The van der Waals surface area contributed by atoms with Crippen LogP contribution in [0.5, 0.6) is 11.6 Å². The molecule has 3 aromatic carbocycles. The first-order chi connectivity index (χ1) is 16.4. The fourth-order valence-electron chi connectivity index (χ4n) is 3.77. The Morgan fingerprint density at radius 3 is 2.62 bits per heavy atom. The zero-order chi connectivity index (χ0) is 23.8. The van der Waals surface area contributed by atoms with E-state index in [1.54, 1.807) is 43.3 Å². The van der Waals surface area contributed by atoms with Crippen molar-refractivity contribution in [3.63, 3.8) is 0 Å². The number of fused-ring (bicyclic) bond motifs is 1. The smallest absolute Gasteiger partial charge is 0.299 e. The van der Waals surface area contributed by atoms with E-state index in [9.17, 15) is 19.1 Å². The molecule has 0 aliphatic rings. The van der Waals surface area contributed by atoms with E-state index in [-0.39, 0.29) is 35.3 Å². The lowest BCUT2D eigenvalue weighted by molar-refractivity contribution is -0.120. The normalized spacial score (nSPS) is 11.0. The Labute approximate surface area is 196 Å². The minimum Gasteiger partial charge on any atom is -0.508 e. The van der Waals surface area contributed by atoms with Crippen molar-refractivity contribution in [3.8, 4) is 34.2 Å². The zero-order valence-corrected chi connectivity index (χ0v) is 18.6. The van der Waals surface area contributed by atoms with E-state index in [2.05, 4.69) is 9.72 Å². The number of thiophene rings is 1. The summed E-state index contributed by atoms with van der Waals surface area (Å²) >= 11 is 1.25. The fourth-order valence-corrected chi connectivity index (χ4v) is 4.98. The number of aryl methyl sites for hydroxylation is 1. The topological polar surface area (TPSA) is 89.6 Å². The van der Waals surface area contributed by atoms with Crippen molar-refractivity contribution < 1.29 is 28.2 Å². The molecule has 2 heterocycles. The maximum absolute atomic E-state index is 13.9. The van der Waals surface area contributed by atoms with Crippen molar-refractivity contribution in [3.05, 3.63) is 88.7 Å². The summed E-state index contributed by atoms with van der Waals surface area (Å²) in [4.78, 5) is 28.6. The van der Waals surface area contributed by atoms with E-state index in [0.29, 0.717) is 21.6 Å². The lowest BCUT2D eigenvalue weighted by atomic mass is 9.96. The third-order valence-electron chi connectivity index (χ3n) is 5.40. The molecule has 0 aliphatic heterocycles. The number of hydrogen-bond acceptors (Lipinski definition) is 7. The number of phenolic OH excluding ortho intramolecular Hbond substituents is 1. The predicted molar refractivity (Wildman–Crippen MR) is 126 cm³/mol. The highest BCUT2D eigenvalue weighted by Gasteiger charge is 2.23. The molecule has 0 amide bonds. The van der Waals surface area contributed by atoms with Gasteiger partial charge in [0.1, 0.15) is 11.6 Å². The molecule has 0 aliphatic carbocycles. The molecular formula is C26H16FNO5S. The summed E-state index contributed by atoms with van der Waals surface area (Å²) in [7, 11) is 0. The summed E-state index contributed by atoms with van der Waals surface area (Å²) in [5, 5.41) is 10.8. The van der Waals surface area contributed by atoms with Crippen molar-refractivity contribution >= 4 is 33.7 Å². The molecule has 5 aromatic rings. The van der Waals surface area contributed by atoms with Crippen molar-refractivity contribution in [2.24, 2.45) is 0 Å². The van der Waals surface area contributed by atoms with Crippen molar-refractivity contribution in [1.82, 2.24) is 4.98 Å². The summed E-state index contributed by atoms with van der Waals surface area (Å²) < 4.78 is 24.7. The standard InChI is InChI=1S/C26H16FNO5S/c1-14-2-7-17(27)10-20(14)24(31)25-23(19-9-8-18(30)11-21(19)34-25)15-3-5-16(6-4-15)26-28-22(12-32-26)33-13-29/h2-13,30H,1H3. The number of nitrogens with zero attached hydrogens (tertiary/aromatic N) is 1. The molecular weight excluding hydrogens is 457 g/mol. The second-order valence-corrected chi connectivity index (χ2v) is 8.61. The van der Waals surface area contributed by atoms with Crippen LogP contribution in [0.1, 0.15) is 20.8 Å². The van der Waals surface area contributed by atoms with Gasteiger partial charge in [0.15, 0.2) is 6.26 Å². The van der Waals surface area contributed by atoms with E-state index in [4.69, 9.17) is 4.42 Å². The molecule has 0 fully saturated rings. The van der Waals surface area contributed by atoms with Crippen LogP contribution in [0.15, 0.2) is 71.3 Å². The number of aromatic nitrogens is 1. The van der Waals surface area contributed by atoms with Crippen molar-refractivity contribution in [1.29, 1.82) is 0 Å². The minimum absolute atomic E-state index is 0.0519. The average Bonchev–Trinajstić information content (AvgIpc) is 3.45. The molecule has 0 spiro atoms. The van der Waals surface area contributed by atoms with Gasteiger partial charge in [0.25, 0.3) is 12.4 Å². The number of rotatable bonds is 6. The average molecular weight is 473 g/mol.